The minimum Gasteiger partial charge on any atom is -0.384 e. The summed E-state index contributed by atoms with van der Waals surface area (Å²) >= 11 is 0. The Labute approximate surface area is 203 Å². The molecule has 6 nitrogen and oxygen atoms in total. The number of ether oxygens (including phenoxy) is 1. The van der Waals surface area contributed by atoms with Gasteiger partial charge in [-0.3, -0.25) is 0 Å². The van der Waals surface area contributed by atoms with Crippen molar-refractivity contribution in [2.24, 2.45) is 11.3 Å². The number of alkyl halides is 3. The maximum atomic E-state index is 13.5. The lowest BCUT2D eigenvalue weighted by Crippen LogP contribution is -2.48. The van der Waals surface area contributed by atoms with Gasteiger partial charge >= 0.3 is 12.2 Å². The molecule has 2 aliphatic heterocycles. The molecule has 186 valence electrons. The van der Waals surface area contributed by atoms with Gasteiger partial charge in [0.1, 0.15) is 0 Å². The highest BCUT2D eigenvalue weighted by molar-refractivity contribution is 5.90. The summed E-state index contributed by atoms with van der Waals surface area (Å²) in [5.41, 5.74) is 0.766. The fraction of sp³-hybridized carbons (Fsp3) is 0.462. The van der Waals surface area contributed by atoms with Crippen LogP contribution in [-0.2, 0) is 10.9 Å². The predicted octanol–water partition coefficient (Wildman–Crippen LogP) is 5.28. The number of para-hydroxylation sites is 1. The van der Waals surface area contributed by atoms with Crippen LogP contribution in [0, 0.1) is 29.6 Å². The third-order valence-electron chi connectivity index (χ3n) is 7.41. The number of carbonyl (C=O) groups is 1. The Hall–Kier alpha value is -3.25. The van der Waals surface area contributed by atoms with Crippen LogP contribution in [0.5, 0.6) is 0 Å². The van der Waals surface area contributed by atoms with Crippen LogP contribution < -0.4 is 10.2 Å². The number of aryl methyl sites for hydroxylation is 1. The Morgan fingerprint density at radius 1 is 1.23 bits per heavy atom. The highest BCUT2D eigenvalue weighted by atomic mass is 19.4. The monoisotopic (exact) mass is 486 g/mol. The van der Waals surface area contributed by atoms with Crippen LogP contribution in [0.15, 0.2) is 42.5 Å². The van der Waals surface area contributed by atoms with E-state index < -0.39 is 11.7 Å². The number of hydrogen-bond acceptors (Lipinski definition) is 4. The minimum atomic E-state index is -4.60. The molecule has 2 amide bonds. The molecule has 0 radical (unpaired) electrons. The quantitative estimate of drug-likeness (QED) is 0.638. The number of carbonyl (C=O) groups excluding carboxylic acids is 1. The molecule has 2 aromatic carbocycles. The fourth-order valence-corrected chi connectivity index (χ4v) is 5.35. The van der Waals surface area contributed by atoms with Crippen molar-refractivity contribution in [3.8, 4) is 6.07 Å². The van der Waals surface area contributed by atoms with Gasteiger partial charge in [-0.15, -0.1) is 0 Å². The van der Waals surface area contributed by atoms with Gasteiger partial charge in [0, 0.05) is 50.6 Å². The molecular weight excluding hydrogens is 457 g/mol. The van der Waals surface area contributed by atoms with E-state index in [2.05, 4.69) is 5.32 Å². The van der Waals surface area contributed by atoms with Crippen molar-refractivity contribution < 1.29 is 22.7 Å². The molecule has 2 saturated heterocycles. The van der Waals surface area contributed by atoms with Gasteiger partial charge in [-0.25, -0.2) is 4.79 Å². The number of nitrogens with one attached hydrogen (secondary N) is 1. The zero-order chi connectivity index (χ0) is 25.2. The third kappa shape index (κ3) is 5.08. The second-order valence-corrected chi connectivity index (χ2v) is 9.47. The minimum absolute atomic E-state index is 0.124. The number of piperidine rings is 1. The van der Waals surface area contributed by atoms with Gasteiger partial charge in [-0.05, 0) is 55.0 Å². The highest BCUT2D eigenvalue weighted by Crippen LogP contribution is 2.47. The molecule has 4 rings (SSSR count). The smallest absolute Gasteiger partial charge is 0.384 e. The standard InChI is InChI=1S/C26H29F3N4O2/c1-18-5-3-4-6-23(18)31-24(34)32-11-9-25(10-12-32)17-33(15-20(25)16-35-2)21-8-7-19(14-30)22(13-21)26(27,28)29/h3-8,13,20H,9-12,15-17H2,1-2H3,(H,31,34). The molecule has 1 unspecified atom stereocenters. The maximum absolute atomic E-state index is 13.5. The molecule has 2 aliphatic rings. The topological polar surface area (TPSA) is 68.6 Å². The first-order chi connectivity index (χ1) is 16.7. The van der Waals surface area contributed by atoms with E-state index in [0.29, 0.717) is 38.5 Å². The number of halogens is 3. The van der Waals surface area contributed by atoms with Gasteiger partial charge in [-0.1, -0.05) is 18.2 Å². The molecule has 0 saturated carbocycles. The lowest BCUT2D eigenvalue weighted by atomic mass is 9.71. The van der Waals surface area contributed by atoms with Crippen LogP contribution in [0.1, 0.15) is 29.5 Å². The first-order valence-electron chi connectivity index (χ1n) is 11.6. The number of likely N-dealkylation sites (tertiary alicyclic amines) is 1. The summed E-state index contributed by atoms with van der Waals surface area (Å²) in [4.78, 5) is 16.6. The van der Waals surface area contributed by atoms with E-state index in [1.165, 1.54) is 6.07 Å². The molecule has 9 heteroatoms. The average Bonchev–Trinajstić information content (AvgIpc) is 3.17. The number of methoxy groups -OCH3 is 1. The van der Waals surface area contributed by atoms with Crippen molar-refractivity contribution in [1.29, 1.82) is 5.26 Å². The van der Waals surface area contributed by atoms with Gasteiger partial charge in [0.25, 0.3) is 0 Å². The summed E-state index contributed by atoms with van der Waals surface area (Å²) in [6.45, 7) is 4.70. The zero-order valence-electron chi connectivity index (χ0n) is 19.9. The normalized spacial score (nSPS) is 19.6. The molecular formula is C26H29F3N4O2. The Bertz CT molecular complexity index is 1120. The Morgan fingerprint density at radius 3 is 2.57 bits per heavy atom. The molecule has 1 atom stereocenters. The lowest BCUT2D eigenvalue weighted by Gasteiger charge is -2.42. The Morgan fingerprint density at radius 2 is 1.94 bits per heavy atom. The van der Waals surface area contributed by atoms with Gasteiger partial charge in [0.05, 0.1) is 23.8 Å². The number of nitrogens with zero attached hydrogens (tertiary/aromatic N) is 3. The number of nitriles is 1. The van der Waals surface area contributed by atoms with Gasteiger partial charge in [0.15, 0.2) is 0 Å². The SMILES string of the molecule is COCC1CN(c2ccc(C#N)c(C(F)(F)F)c2)CC12CCN(C(=O)Nc1ccccc1C)CC2. The molecule has 35 heavy (non-hydrogen) atoms. The molecule has 2 fully saturated rings. The van der Waals surface area contributed by atoms with E-state index >= 15 is 0 Å². The summed E-state index contributed by atoms with van der Waals surface area (Å²) in [7, 11) is 1.63. The molecule has 0 bridgehead atoms. The first-order valence-corrected chi connectivity index (χ1v) is 11.6. The average molecular weight is 487 g/mol. The highest BCUT2D eigenvalue weighted by Gasteiger charge is 2.49. The van der Waals surface area contributed by atoms with Crippen molar-refractivity contribution in [1.82, 2.24) is 4.90 Å². The van der Waals surface area contributed by atoms with E-state index in [9.17, 15) is 18.0 Å². The van der Waals surface area contributed by atoms with Gasteiger partial charge < -0.3 is 19.9 Å². The molecule has 2 aromatic rings. The van der Waals surface area contributed by atoms with Crippen molar-refractivity contribution in [2.45, 2.75) is 25.9 Å². The van der Waals surface area contributed by atoms with Gasteiger partial charge in [-0.2, -0.15) is 18.4 Å². The van der Waals surface area contributed by atoms with Crippen LogP contribution in [0.4, 0.5) is 29.3 Å². The van der Waals surface area contributed by atoms with Crippen molar-refractivity contribution >= 4 is 17.4 Å². The van der Waals surface area contributed by atoms with Crippen LogP contribution in [0.25, 0.3) is 0 Å². The van der Waals surface area contributed by atoms with Crippen LogP contribution in [0.3, 0.4) is 0 Å². The number of benzene rings is 2. The Balaban J connectivity index is 1.49. The number of anilines is 2. The van der Waals surface area contributed by atoms with E-state index in [4.69, 9.17) is 10.00 Å². The van der Waals surface area contributed by atoms with Crippen LogP contribution in [-0.4, -0.2) is 50.8 Å². The summed E-state index contributed by atoms with van der Waals surface area (Å²) in [5.74, 6) is 0.124. The van der Waals surface area contributed by atoms with Crippen LogP contribution >= 0.6 is 0 Å². The first kappa shape index (κ1) is 24.9. The third-order valence-corrected chi connectivity index (χ3v) is 7.41. The van der Waals surface area contributed by atoms with E-state index in [1.807, 2.05) is 36.1 Å². The maximum Gasteiger partial charge on any atom is 0.417 e. The van der Waals surface area contributed by atoms with E-state index in [-0.39, 0.29) is 22.9 Å². The molecule has 1 spiro atoms. The lowest BCUT2D eigenvalue weighted by molar-refractivity contribution is -0.137. The summed E-state index contributed by atoms with van der Waals surface area (Å²) in [6, 6.07) is 13.0. The Kier molecular flexibility index (Phi) is 6.95. The largest absolute Gasteiger partial charge is 0.417 e. The predicted molar refractivity (Wildman–Crippen MR) is 127 cm³/mol. The second-order valence-electron chi connectivity index (χ2n) is 9.47. The van der Waals surface area contributed by atoms with Crippen LogP contribution in [0.2, 0.25) is 0 Å². The number of hydrogen-bond donors (Lipinski definition) is 1. The molecule has 2 heterocycles. The van der Waals surface area contributed by atoms with Crippen molar-refractivity contribution in [3.63, 3.8) is 0 Å². The van der Waals surface area contributed by atoms with Crippen molar-refractivity contribution in [3.05, 3.63) is 59.2 Å². The molecule has 1 N–H and O–H groups in total. The van der Waals surface area contributed by atoms with Gasteiger partial charge in [0.2, 0.25) is 0 Å². The van der Waals surface area contributed by atoms with E-state index in [1.54, 1.807) is 24.1 Å². The summed E-state index contributed by atoms with van der Waals surface area (Å²) in [5, 5.41) is 12.1. The zero-order valence-corrected chi connectivity index (χ0v) is 19.9. The number of urea groups is 1. The van der Waals surface area contributed by atoms with E-state index in [0.717, 1.165) is 30.2 Å². The fourth-order valence-electron chi connectivity index (χ4n) is 5.35. The summed E-state index contributed by atoms with van der Waals surface area (Å²) < 4.78 is 46.0. The molecule has 0 aromatic heterocycles. The second kappa shape index (κ2) is 9.78. The number of rotatable bonds is 4. The molecule has 0 aliphatic carbocycles. The van der Waals surface area contributed by atoms with Crippen molar-refractivity contribution in [2.75, 3.05) is 50.1 Å². The summed E-state index contributed by atoms with van der Waals surface area (Å²) in [6.07, 6.45) is -3.12. The number of amides is 2.